The molecule has 0 N–H and O–H groups in total. The number of likely N-dealkylation sites (tertiary alicyclic amines) is 2. The van der Waals surface area contributed by atoms with E-state index >= 15 is 0 Å². The number of nitrogens with zero attached hydrogens (tertiary/aromatic N) is 2. The van der Waals surface area contributed by atoms with Crippen molar-refractivity contribution in [3.8, 4) is 5.75 Å². The van der Waals surface area contributed by atoms with E-state index in [1.54, 1.807) is 12.1 Å². The van der Waals surface area contributed by atoms with E-state index < -0.39 is 0 Å². The number of rotatable bonds is 7. The van der Waals surface area contributed by atoms with Crippen molar-refractivity contribution in [2.45, 2.75) is 38.6 Å². The molecule has 0 atom stereocenters. The zero-order chi connectivity index (χ0) is 20.8. The first-order chi connectivity index (χ1) is 14.7. The first-order valence-corrected chi connectivity index (χ1v) is 11.1. The molecule has 160 valence electrons. The molecular formula is C25H31FN2O2. The first-order valence-electron chi connectivity index (χ1n) is 11.1. The van der Waals surface area contributed by atoms with Crippen LogP contribution < -0.4 is 4.74 Å². The number of ether oxygens (including phenoxy) is 1. The molecule has 5 heteroatoms. The van der Waals surface area contributed by atoms with Crippen LogP contribution in [0.4, 0.5) is 4.39 Å². The third-order valence-corrected chi connectivity index (χ3v) is 6.30. The Hall–Kier alpha value is -2.40. The minimum Gasteiger partial charge on any atom is -0.484 e. The number of halogens is 1. The second kappa shape index (κ2) is 10.1. The predicted octanol–water partition coefficient (Wildman–Crippen LogP) is 4.28. The summed E-state index contributed by atoms with van der Waals surface area (Å²) in [5.74, 6) is 0.838. The molecule has 2 aromatic carbocycles. The van der Waals surface area contributed by atoms with E-state index in [4.69, 9.17) is 4.74 Å². The fraction of sp³-hybridized carbons (Fsp3) is 0.480. The van der Waals surface area contributed by atoms with Gasteiger partial charge < -0.3 is 9.64 Å². The molecule has 0 aromatic heterocycles. The number of carbonyl (C=O) groups is 1. The van der Waals surface area contributed by atoms with Crippen molar-refractivity contribution < 1.29 is 13.9 Å². The Bertz CT molecular complexity index is 808. The second-order valence-corrected chi connectivity index (χ2v) is 8.57. The Labute approximate surface area is 178 Å². The Kier molecular flexibility index (Phi) is 7.00. The van der Waals surface area contributed by atoms with Gasteiger partial charge in [-0.1, -0.05) is 24.3 Å². The van der Waals surface area contributed by atoms with Crippen LogP contribution in [0.3, 0.4) is 0 Å². The molecule has 0 radical (unpaired) electrons. The van der Waals surface area contributed by atoms with Gasteiger partial charge in [0, 0.05) is 19.6 Å². The SMILES string of the molecule is O=C(COc1ccc(F)cc1)N1CCC(Cc2ccc(CN3CCCC3)cc2)CC1. The summed E-state index contributed by atoms with van der Waals surface area (Å²) in [6.07, 6.45) is 5.79. The highest BCUT2D eigenvalue weighted by Crippen LogP contribution is 2.23. The lowest BCUT2D eigenvalue weighted by molar-refractivity contribution is -0.134. The van der Waals surface area contributed by atoms with Gasteiger partial charge in [0.1, 0.15) is 11.6 Å². The topological polar surface area (TPSA) is 32.8 Å². The van der Waals surface area contributed by atoms with Gasteiger partial charge in [0.2, 0.25) is 0 Å². The quantitative estimate of drug-likeness (QED) is 0.683. The molecule has 0 aliphatic carbocycles. The van der Waals surface area contributed by atoms with Gasteiger partial charge in [0.15, 0.2) is 6.61 Å². The first kappa shape index (κ1) is 20.9. The molecular weight excluding hydrogens is 379 g/mol. The van der Waals surface area contributed by atoms with Gasteiger partial charge in [-0.25, -0.2) is 4.39 Å². The molecule has 4 rings (SSSR count). The summed E-state index contributed by atoms with van der Waals surface area (Å²) >= 11 is 0. The average molecular weight is 411 g/mol. The monoisotopic (exact) mass is 410 g/mol. The third-order valence-electron chi connectivity index (χ3n) is 6.30. The lowest BCUT2D eigenvalue weighted by Crippen LogP contribution is -2.41. The maximum Gasteiger partial charge on any atom is 0.260 e. The van der Waals surface area contributed by atoms with Crippen LogP contribution in [0.2, 0.25) is 0 Å². The normalized spacial score (nSPS) is 18.0. The van der Waals surface area contributed by atoms with Crippen molar-refractivity contribution >= 4 is 5.91 Å². The van der Waals surface area contributed by atoms with Crippen molar-refractivity contribution in [1.29, 1.82) is 0 Å². The van der Waals surface area contributed by atoms with Gasteiger partial charge in [-0.15, -0.1) is 0 Å². The van der Waals surface area contributed by atoms with Gasteiger partial charge in [0.25, 0.3) is 5.91 Å². The fourth-order valence-corrected chi connectivity index (χ4v) is 4.47. The summed E-state index contributed by atoms with van der Waals surface area (Å²) in [5, 5.41) is 0. The lowest BCUT2D eigenvalue weighted by atomic mass is 9.90. The summed E-state index contributed by atoms with van der Waals surface area (Å²) in [7, 11) is 0. The van der Waals surface area contributed by atoms with Gasteiger partial charge in [-0.05, 0) is 86.5 Å². The Morgan fingerprint density at radius 2 is 1.53 bits per heavy atom. The number of hydrogen-bond acceptors (Lipinski definition) is 3. The molecule has 2 fully saturated rings. The number of hydrogen-bond donors (Lipinski definition) is 0. The van der Waals surface area contributed by atoms with Crippen LogP contribution in [0.1, 0.15) is 36.8 Å². The minimum absolute atomic E-state index is 0.00374. The second-order valence-electron chi connectivity index (χ2n) is 8.57. The van der Waals surface area contributed by atoms with E-state index in [1.165, 1.54) is 49.2 Å². The van der Waals surface area contributed by atoms with Crippen molar-refractivity contribution in [1.82, 2.24) is 9.80 Å². The maximum atomic E-state index is 12.9. The van der Waals surface area contributed by atoms with Gasteiger partial charge >= 0.3 is 0 Å². The van der Waals surface area contributed by atoms with Crippen LogP contribution >= 0.6 is 0 Å². The highest BCUT2D eigenvalue weighted by Gasteiger charge is 2.23. The number of piperidine rings is 1. The average Bonchev–Trinajstić information content (AvgIpc) is 3.28. The van der Waals surface area contributed by atoms with E-state index in [9.17, 15) is 9.18 Å². The summed E-state index contributed by atoms with van der Waals surface area (Å²) in [4.78, 5) is 16.8. The molecule has 1 amide bonds. The van der Waals surface area contributed by atoms with Crippen LogP contribution in [-0.4, -0.2) is 48.5 Å². The molecule has 0 saturated carbocycles. The summed E-state index contributed by atoms with van der Waals surface area (Å²) < 4.78 is 18.4. The Morgan fingerprint density at radius 3 is 2.20 bits per heavy atom. The zero-order valence-corrected chi connectivity index (χ0v) is 17.6. The third kappa shape index (κ3) is 5.82. The highest BCUT2D eigenvalue weighted by molar-refractivity contribution is 5.77. The summed E-state index contributed by atoms with van der Waals surface area (Å²) in [6.45, 7) is 5.10. The van der Waals surface area contributed by atoms with Crippen LogP contribution in [0.15, 0.2) is 48.5 Å². The number of carbonyl (C=O) groups excluding carboxylic acids is 1. The molecule has 2 heterocycles. The predicted molar refractivity (Wildman–Crippen MR) is 116 cm³/mol. The molecule has 2 aliphatic rings. The van der Waals surface area contributed by atoms with E-state index in [-0.39, 0.29) is 18.3 Å². The molecule has 0 unspecified atom stereocenters. The Morgan fingerprint density at radius 1 is 0.900 bits per heavy atom. The zero-order valence-electron chi connectivity index (χ0n) is 17.6. The molecule has 2 aliphatic heterocycles. The standard InChI is InChI=1S/C25H31FN2O2/c26-23-7-9-24(10-8-23)30-19-25(29)28-15-11-21(12-16-28)17-20-3-5-22(6-4-20)18-27-13-1-2-14-27/h3-10,21H,1-2,11-19H2. The number of amides is 1. The largest absolute Gasteiger partial charge is 0.484 e. The van der Waals surface area contributed by atoms with Crippen molar-refractivity contribution in [2.24, 2.45) is 5.92 Å². The molecule has 4 nitrogen and oxygen atoms in total. The van der Waals surface area contributed by atoms with Gasteiger partial charge in [-0.2, -0.15) is 0 Å². The van der Waals surface area contributed by atoms with E-state index in [1.807, 2.05) is 4.90 Å². The van der Waals surface area contributed by atoms with E-state index in [0.717, 1.165) is 38.9 Å². The molecule has 2 saturated heterocycles. The van der Waals surface area contributed by atoms with E-state index in [0.29, 0.717) is 11.7 Å². The van der Waals surface area contributed by atoms with Crippen LogP contribution in [-0.2, 0) is 17.8 Å². The lowest BCUT2D eigenvalue weighted by Gasteiger charge is -2.32. The van der Waals surface area contributed by atoms with Crippen LogP contribution in [0.25, 0.3) is 0 Å². The van der Waals surface area contributed by atoms with Crippen molar-refractivity contribution in [2.75, 3.05) is 32.8 Å². The molecule has 0 bridgehead atoms. The maximum absolute atomic E-state index is 12.9. The Balaban J connectivity index is 1.18. The number of benzene rings is 2. The molecule has 30 heavy (non-hydrogen) atoms. The fourth-order valence-electron chi connectivity index (χ4n) is 4.47. The van der Waals surface area contributed by atoms with Crippen LogP contribution in [0, 0.1) is 11.7 Å². The van der Waals surface area contributed by atoms with Crippen molar-refractivity contribution in [3.05, 3.63) is 65.5 Å². The molecule has 2 aromatic rings. The van der Waals surface area contributed by atoms with Gasteiger partial charge in [-0.3, -0.25) is 9.69 Å². The summed E-state index contributed by atoms with van der Waals surface area (Å²) in [6, 6.07) is 14.9. The molecule has 0 spiro atoms. The van der Waals surface area contributed by atoms with Crippen LogP contribution in [0.5, 0.6) is 5.75 Å². The minimum atomic E-state index is -0.308. The highest BCUT2D eigenvalue weighted by atomic mass is 19.1. The smallest absolute Gasteiger partial charge is 0.260 e. The summed E-state index contributed by atoms with van der Waals surface area (Å²) in [5.41, 5.74) is 2.80. The van der Waals surface area contributed by atoms with E-state index in [2.05, 4.69) is 29.2 Å². The van der Waals surface area contributed by atoms with Gasteiger partial charge in [0.05, 0.1) is 0 Å². The van der Waals surface area contributed by atoms with Crippen molar-refractivity contribution in [3.63, 3.8) is 0 Å².